The van der Waals surface area contributed by atoms with Gasteiger partial charge in [-0.1, -0.05) is 6.92 Å². The summed E-state index contributed by atoms with van der Waals surface area (Å²) in [7, 11) is 0. The number of hydrogen-bond donors (Lipinski definition) is 2. The first kappa shape index (κ1) is 14.7. The molecule has 0 spiro atoms. The van der Waals surface area contributed by atoms with Crippen molar-refractivity contribution < 1.29 is 5.11 Å². The van der Waals surface area contributed by atoms with Gasteiger partial charge < -0.3 is 15.3 Å². The number of hydrogen-bond acceptors (Lipinski definition) is 6. The average Bonchev–Trinajstić information content (AvgIpc) is 3.27. The van der Waals surface area contributed by atoms with E-state index in [9.17, 15) is 5.11 Å². The number of aliphatic hydroxyl groups excluding tert-OH is 1. The van der Waals surface area contributed by atoms with Crippen molar-refractivity contribution >= 4 is 17.2 Å². The second-order valence-corrected chi connectivity index (χ2v) is 6.71. The molecule has 124 valence electrons. The summed E-state index contributed by atoms with van der Waals surface area (Å²) in [5.41, 5.74) is 1.54. The highest BCUT2D eigenvalue weighted by Gasteiger charge is 2.25. The summed E-state index contributed by atoms with van der Waals surface area (Å²) in [5, 5.41) is 17.9. The van der Waals surface area contributed by atoms with Gasteiger partial charge in [0.1, 0.15) is 11.5 Å². The average molecular weight is 316 g/mol. The third-order valence-corrected chi connectivity index (χ3v) is 4.87. The van der Waals surface area contributed by atoms with Crippen molar-refractivity contribution in [2.45, 2.75) is 32.5 Å². The van der Waals surface area contributed by atoms with E-state index in [-0.39, 0.29) is 0 Å². The fourth-order valence-electron chi connectivity index (χ4n) is 3.51. The van der Waals surface area contributed by atoms with Gasteiger partial charge in [0, 0.05) is 32.4 Å². The van der Waals surface area contributed by atoms with Crippen LogP contribution in [0.5, 0.6) is 0 Å². The van der Waals surface area contributed by atoms with Gasteiger partial charge in [-0.25, -0.2) is 9.50 Å². The molecule has 4 rings (SSSR count). The van der Waals surface area contributed by atoms with E-state index in [4.69, 9.17) is 4.98 Å². The highest BCUT2D eigenvalue weighted by molar-refractivity contribution is 5.68. The smallest absolute Gasteiger partial charge is 0.184 e. The van der Waals surface area contributed by atoms with E-state index in [1.807, 2.05) is 12.3 Å². The molecule has 0 aliphatic carbocycles. The molecule has 23 heavy (non-hydrogen) atoms. The van der Waals surface area contributed by atoms with Crippen molar-refractivity contribution in [3.63, 3.8) is 0 Å². The van der Waals surface area contributed by atoms with Gasteiger partial charge in [0.2, 0.25) is 0 Å². The summed E-state index contributed by atoms with van der Waals surface area (Å²) < 4.78 is 1.75. The van der Waals surface area contributed by atoms with Crippen molar-refractivity contribution in [2.75, 3.05) is 36.4 Å². The molecule has 2 N–H and O–H groups in total. The molecule has 2 aromatic rings. The molecule has 2 atom stereocenters. The lowest BCUT2D eigenvalue weighted by atomic mass is 10.2. The predicted molar refractivity (Wildman–Crippen MR) is 89.4 cm³/mol. The van der Waals surface area contributed by atoms with Crippen LogP contribution in [0, 0.1) is 5.92 Å². The molecule has 0 saturated carbocycles. The Morgan fingerprint density at radius 1 is 1.30 bits per heavy atom. The Hall–Kier alpha value is -1.86. The third kappa shape index (κ3) is 2.86. The molecule has 2 saturated heterocycles. The zero-order valence-electron chi connectivity index (χ0n) is 13.5. The van der Waals surface area contributed by atoms with E-state index < -0.39 is 6.35 Å². The largest absolute Gasteiger partial charge is 0.361 e. The van der Waals surface area contributed by atoms with Crippen molar-refractivity contribution in [3.05, 3.63) is 18.5 Å². The van der Waals surface area contributed by atoms with Crippen molar-refractivity contribution in [2.24, 2.45) is 5.92 Å². The van der Waals surface area contributed by atoms with Crippen LogP contribution in [-0.4, -0.2) is 57.1 Å². The van der Waals surface area contributed by atoms with Crippen molar-refractivity contribution in [1.82, 2.24) is 19.5 Å². The molecule has 4 heterocycles. The Balaban J connectivity index is 1.55. The molecule has 0 bridgehead atoms. The first-order chi connectivity index (χ1) is 11.2. The van der Waals surface area contributed by atoms with E-state index in [1.54, 1.807) is 10.7 Å². The molecule has 2 aromatic heterocycles. The van der Waals surface area contributed by atoms with Crippen LogP contribution in [0.3, 0.4) is 0 Å². The number of aromatic nitrogens is 3. The first-order valence-electron chi connectivity index (χ1n) is 8.49. The molecule has 7 heteroatoms. The second-order valence-electron chi connectivity index (χ2n) is 6.71. The van der Waals surface area contributed by atoms with Crippen LogP contribution in [-0.2, 0) is 0 Å². The van der Waals surface area contributed by atoms with Crippen LogP contribution in [0.2, 0.25) is 0 Å². The third-order valence-electron chi connectivity index (χ3n) is 4.87. The molecule has 2 fully saturated rings. The molecule has 0 amide bonds. The maximum Gasteiger partial charge on any atom is 0.184 e. The molecule has 7 nitrogen and oxygen atoms in total. The van der Waals surface area contributed by atoms with E-state index in [0.717, 1.165) is 49.8 Å². The monoisotopic (exact) mass is 316 g/mol. The van der Waals surface area contributed by atoms with Gasteiger partial charge in [0.05, 0.1) is 6.20 Å². The number of likely N-dealkylation sites (tertiary alicyclic amines) is 1. The maximum absolute atomic E-state index is 10.4. The van der Waals surface area contributed by atoms with Crippen LogP contribution >= 0.6 is 0 Å². The Morgan fingerprint density at radius 3 is 2.87 bits per heavy atom. The zero-order valence-corrected chi connectivity index (χ0v) is 13.5. The van der Waals surface area contributed by atoms with Gasteiger partial charge in [0.25, 0.3) is 0 Å². The number of rotatable bonds is 4. The maximum atomic E-state index is 10.4. The minimum absolute atomic E-state index is 0.634. The minimum atomic E-state index is -0.690. The summed E-state index contributed by atoms with van der Waals surface area (Å²) in [4.78, 5) is 9.10. The van der Waals surface area contributed by atoms with Crippen LogP contribution in [0.25, 0.3) is 5.65 Å². The molecular formula is C16H24N6O. The molecular weight excluding hydrogens is 292 g/mol. The van der Waals surface area contributed by atoms with Gasteiger partial charge in [-0.15, -0.1) is 0 Å². The predicted octanol–water partition coefficient (Wildman–Crippen LogP) is 1.36. The lowest BCUT2D eigenvalue weighted by Crippen LogP contribution is -2.39. The van der Waals surface area contributed by atoms with E-state index >= 15 is 0 Å². The Kier molecular flexibility index (Phi) is 3.82. The van der Waals surface area contributed by atoms with Crippen LogP contribution < -0.4 is 10.2 Å². The van der Waals surface area contributed by atoms with E-state index in [2.05, 4.69) is 27.1 Å². The SMILES string of the molecule is C[C@H]1CCN(C(O)Nc2cnn3ccc(N4CCCC4)nc23)C1. The van der Waals surface area contributed by atoms with Gasteiger partial charge in [-0.2, -0.15) is 5.10 Å². The van der Waals surface area contributed by atoms with Crippen LogP contribution in [0.4, 0.5) is 11.5 Å². The number of nitrogens with one attached hydrogen (secondary N) is 1. The van der Waals surface area contributed by atoms with E-state index in [1.165, 1.54) is 12.8 Å². The highest BCUT2D eigenvalue weighted by atomic mass is 16.3. The van der Waals surface area contributed by atoms with Crippen LogP contribution in [0.1, 0.15) is 26.2 Å². The standard InChI is InChI=1S/C16H24N6O/c1-12-4-8-21(11-12)16(23)18-13-10-17-22-9-5-14(19-15(13)22)20-6-2-3-7-20/h5,9-10,12,16,18,23H,2-4,6-8,11H2,1H3/t12-,16?/m0/s1. The second kappa shape index (κ2) is 5.98. The quantitative estimate of drug-likeness (QED) is 0.830. The van der Waals surface area contributed by atoms with Gasteiger partial charge in [-0.05, 0) is 31.2 Å². The fraction of sp³-hybridized carbons (Fsp3) is 0.625. The number of fused-ring (bicyclic) bond motifs is 1. The molecule has 0 radical (unpaired) electrons. The van der Waals surface area contributed by atoms with Gasteiger partial charge in [0.15, 0.2) is 12.0 Å². The topological polar surface area (TPSA) is 68.9 Å². The zero-order chi connectivity index (χ0) is 15.8. The van der Waals surface area contributed by atoms with Crippen molar-refractivity contribution in [1.29, 1.82) is 0 Å². The number of nitrogens with zero attached hydrogens (tertiary/aromatic N) is 5. The highest BCUT2D eigenvalue weighted by Crippen LogP contribution is 2.23. The summed E-state index contributed by atoms with van der Waals surface area (Å²) in [5.74, 6) is 1.62. The van der Waals surface area contributed by atoms with Gasteiger partial charge in [-0.3, -0.25) is 4.90 Å². The molecule has 2 aliphatic heterocycles. The molecule has 2 aliphatic rings. The number of anilines is 2. The van der Waals surface area contributed by atoms with E-state index in [0.29, 0.717) is 5.92 Å². The van der Waals surface area contributed by atoms with Crippen molar-refractivity contribution in [3.8, 4) is 0 Å². The Morgan fingerprint density at radius 2 is 2.13 bits per heavy atom. The molecule has 0 aromatic carbocycles. The van der Waals surface area contributed by atoms with Crippen LogP contribution in [0.15, 0.2) is 18.5 Å². The normalized spacial score (nSPS) is 23.7. The lowest BCUT2D eigenvalue weighted by Gasteiger charge is -2.23. The summed E-state index contributed by atoms with van der Waals surface area (Å²) >= 11 is 0. The first-order valence-corrected chi connectivity index (χ1v) is 8.49. The summed E-state index contributed by atoms with van der Waals surface area (Å²) in [6.07, 6.45) is 6.56. The lowest BCUT2D eigenvalue weighted by molar-refractivity contribution is 0.0423. The summed E-state index contributed by atoms with van der Waals surface area (Å²) in [6, 6.07) is 2.01. The minimum Gasteiger partial charge on any atom is -0.361 e. The Labute approximate surface area is 135 Å². The Bertz CT molecular complexity index is 680. The summed E-state index contributed by atoms with van der Waals surface area (Å²) in [6.45, 7) is 6.18. The fourth-order valence-corrected chi connectivity index (χ4v) is 3.51. The molecule has 1 unspecified atom stereocenters. The number of aliphatic hydroxyl groups is 1. The van der Waals surface area contributed by atoms with Gasteiger partial charge >= 0.3 is 0 Å².